The standard InChI is InChI=1S/C13H17FN2O2/c14-12-8-15-6-11(12)7-16-13(17)18-9-10-4-2-1-3-5-10/h1-5,11-12,15H,6-9H2,(H,16,17)/t11-,12-/m1/s1. The fraction of sp³-hybridized carbons (Fsp3) is 0.462. The number of amides is 1. The molecule has 1 heterocycles. The van der Waals surface area contributed by atoms with Crippen LogP contribution in [0.5, 0.6) is 0 Å². The first kappa shape index (κ1) is 12.8. The van der Waals surface area contributed by atoms with Crippen molar-refractivity contribution >= 4 is 6.09 Å². The molecule has 1 amide bonds. The van der Waals surface area contributed by atoms with Crippen LogP contribution in [0.15, 0.2) is 30.3 Å². The summed E-state index contributed by atoms with van der Waals surface area (Å²) in [5, 5.41) is 5.52. The number of ether oxygens (including phenoxy) is 1. The predicted octanol–water partition coefficient (Wildman–Crippen LogP) is 1.47. The molecule has 2 rings (SSSR count). The quantitative estimate of drug-likeness (QED) is 0.853. The van der Waals surface area contributed by atoms with Gasteiger partial charge in [0.25, 0.3) is 0 Å². The summed E-state index contributed by atoms with van der Waals surface area (Å²) in [5.74, 6) is -0.158. The second kappa shape index (κ2) is 6.35. The van der Waals surface area contributed by atoms with E-state index in [4.69, 9.17) is 4.74 Å². The van der Waals surface area contributed by atoms with E-state index in [9.17, 15) is 9.18 Å². The number of hydrogen-bond donors (Lipinski definition) is 2. The molecular formula is C13H17FN2O2. The van der Waals surface area contributed by atoms with Gasteiger partial charge in [0, 0.05) is 25.6 Å². The lowest BCUT2D eigenvalue weighted by Crippen LogP contribution is -2.33. The van der Waals surface area contributed by atoms with Crippen LogP contribution in [0.2, 0.25) is 0 Å². The van der Waals surface area contributed by atoms with Crippen molar-refractivity contribution in [2.24, 2.45) is 5.92 Å². The number of hydrogen-bond acceptors (Lipinski definition) is 3. The molecule has 1 aliphatic heterocycles. The van der Waals surface area contributed by atoms with E-state index in [1.807, 2.05) is 30.3 Å². The van der Waals surface area contributed by atoms with Gasteiger partial charge in [0.1, 0.15) is 12.8 Å². The molecule has 0 radical (unpaired) electrons. The SMILES string of the molecule is O=C(NC[C@H]1CNC[C@H]1F)OCc1ccccc1. The number of carbonyl (C=O) groups excluding carboxylic acids is 1. The zero-order valence-electron chi connectivity index (χ0n) is 10.1. The van der Waals surface area contributed by atoms with Gasteiger partial charge in [0.15, 0.2) is 0 Å². The molecule has 0 unspecified atom stereocenters. The number of alkyl halides is 1. The van der Waals surface area contributed by atoms with E-state index in [1.165, 1.54) is 0 Å². The number of nitrogens with one attached hydrogen (secondary N) is 2. The maximum absolute atomic E-state index is 13.2. The van der Waals surface area contributed by atoms with Gasteiger partial charge in [-0.2, -0.15) is 0 Å². The summed E-state index contributed by atoms with van der Waals surface area (Å²) in [4.78, 5) is 11.4. The Morgan fingerprint density at radius 1 is 1.39 bits per heavy atom. The van der Waals surface area contributed by atoms with Gasteiger partial charge in [-0.1, -0.05) is 30.3 Å². The molecule has 1 aromatic carbocycles. The Morgan fingerprint density at radius 3 is 2.83 bits per heavy atom. The van der Waals surface area contributed by atoms with Crippen LogP contribution in [-0.4, -0.2) is 31.9 Å². The smallest absolute Gasteiger partial charge is 0.407 e. The zero-order chi connectivity index (χ0) is 12.8. The highest BCUT2D eigenvalue weighted by molar-refractivity contribution is 5.67. The highest BCUT2D eigenvalue weighted by Crippen LogP contribution is 2.11. The van der Waals surface area contributed by atoms with Crippen molar-refractivity contribution in [3.05, 3.63) is 35.9 Å². The van der Waals surface area contributed by atoms with E-state index in [0.717, 1.165) is 5.56 Å². The normalized spacial score (nSPS) is 22.7. The van der Waals surface area contributed by atoms with Crippen molar-refractivity contribution in [2.45, 2.75) is 12.8 Å². The van der Waals surface area contributed by atoms with Crippen LogP contribution in [0, 0.1) is 5.92 Å². The summed E-state index contributed by atoms with van der Waals surface area (Å²) in [6.45, 7) is 1.50. The molecule has 18 heavy (non-hydrogen) atoms. The first-order chi connectivity index (χ1) is 8.75. The Kier molecular flexibility index (Phi) is 4.52. The van der Waals surface area contributed by atoms with Crippen LogP contribution in [0.4, 0.5) is 9.18 Å². The minimum atomic E-state index is -0.889. The van der Waals surface area contributed by atoms with Crippen LogP contribution in [0.1, 0.15) is 5.56 Å². The first-order valence-electron chi connectivity index (χ1n) is 6.05. The van der Waals surface area contributed by atoms with Crippen molar-refractivity contribution in [1.82, 2.24) is 10.6 Å². The summed E-state index contributed by atoms with van der Waals surface area (Å²) in [5.41, 5.74) is 0.929. The van der Waals surface area contributed by atoms with Crippen molar-refractivity contribution in [3.8, 4) is 0 Å². The van der Waals surface area contributed by atoms with E-state index in [2.05, 4.69) is 10.6 Å². The van der Waals surface area contributed by atoms with Gasteiger partial charge in [0.05, 0.1) is 0 Å². The molecule has 4 nitrogen and oxygen atoms in total. The Labute approximate surface area is 106 Å². The van der Waals surface area contributed by atoms with E-state index < -0.39 is 12.3 Å². The Bertz CT molecular complexity index is 386. The lowest BCUT2D eigenvalue weighted by Gasteiger charge is -2.12. The van der Waals surface area contributed by atoms with Gasteiger partial charge in [0.2, 0.25) is 0 Å². The van der Waals surface area contributed by atoms with E-state index in [-0.39, 0.29) is 12.5 Å². The fourth-order valence-corrected chi connectivity index (χ4v) is 1.89. The predicted molar refractivity (Wildman–Crippen MR) is 65.9 cm³/mol. The highest BCUT2D eigenvalue weighted by atomic mass is 19.1. The lowest BCUT2D eigenvalue weighted by atomic mass is 10.1. The summed E-state index contributed by atoms with van der Waals surface area (Å²) in [6, 6.07) is 9.43. The van der Waals surface area contributed by atoms with Crippen molar-refractivity contribution in [3.63, 3.8) is 0 Å². The van der Waals surface area contributed by atoms with E-state index >= 15 is 0 Å². The molecule has 2 atom stereocenters. The van der Waals surface area contributed by atoms with Crippen LogP contribution in [0.25, 0.3) is 0 Å². The molecule has 1 aromatic rings. The van der Waals surface area contributed by atoms with Crippen LogP contribution in [0.3, 0.4) is 0 Å². The molecule has 0 saturated carbocycles. The number of rotatable bonds is 4. The molecule has 98 valence electrons. The van der Waals surface area contributed by atoms with Crippen LogP contribution >= 0.6 is 0 Å². The largest absolute Gasteiger partial charge is 0.445 e. The molecule has 1 saturated heterocycles. The molecule has 1 fully saturated rings. The van der Waals surface area contributed by atoms with Crippen molar-refractivity contribution in [1.29, 1.82) is 0 Å². The highest BCUT2D eigenvalue weighted by Gasteiger charge is 2.26. The van der Waals surface area contributed by atoms with Crippen molar-refractivity contribution in [2.75, 3.05) is 19.6 Å². The van der Waals surface area contributed by atoms with Crippen LogP contribution in [-0.2, 0) is 11.3 Å². The average Bonchev–Trinajstić information content (AvgIpc) is 2.81. The maximum Gasteiger partial charge on any atom is 0.407 e. The Morgan fingerprint density at radius 2 is 2.17 bits per heavy atom. The summed E-state index contributed by atoms with van der Waals surface area (Å²) in [6.07, 6.45) is -1.39. The molecular weight excluding hydrogens is 235 g/mol. The number of benzene rings is 1. The fourth-order valence-electron chi connectivity index (χ4n) is 1.89. The molecule has 0 aliphatic carbocycles. The van der Waals surface area contributed by atoms with Gasteiger partial charge >= 0.3 is 6.09 Å². The lowest BCUT2D eigenvalue weighted by molar-refractivity contribution is 0.136. The molecule has 1 aliphatic rings. The van der Waals surface area contributed by atoms with Gasteiger partial charge in [-0.05, 0) is 5.56 Å². The number of halogens is 1. The number of carbonyl (C=O) groups is 1. The van der Waals surface area contributed by atoms with Gasteiger partial charge in [-0.15, -0.1) is 0 Å². The topological polar surface area (TPSA) is 50.4 Å². The minimum Gasteiger partial charge on any atom is -0.445 e. The Hall–Kier alpha value is -1.62. The average molecular weight is 252 g/mol. The minimum absolute atomic E-state index is 0.158. The van der Waals surface area contributed by atoms with E-state index in [1.54, 1.807) is 0 Å². The molecule has 0 bridgehead atoms. The first-order valence-corrected chi connectivity index (χ1v) is 6.05. The summed E-state index contributed by atoms with van der Waals surface area (Å²) < 4.78 is 18.3. The third-order valence-corrected chi connectivity index (χ3v) is 2.98. The second-order valence-corrected chi connectivity index (χ2v) is 4.38. The maximum atomic E-state index is 13.2. The molecule has 0 spiro atoms. The van der Waals surface area contributed by atoms with Gasteiger partial charge in [-0.3, -0.25) is 0 Å². The third-order valence-electron chi connectivity index (χ3n) is 2.98. The molecule has 2 N–H and O–H groups in total. The summed E-state index contributed by atoms with van der Waals surface area (Å²) >= 11 is 0. The summed E-state index contributed by atoms with van der Waals surface area (Å²) in [7, 11) is 0. The zero-order valence-corrected chi connectivity index (χ0v) is 10.1. The Balaban J connectivity index is 1.66. The van der Waals surface area contributed by atoms with Crippen LogP contribution < -0.4 is 10.6 Å². The molecule has 5 heteroatoms. The van der Waals surface area contributed by atoms with Gasteiger partial charge < -0.3 is 15.4 Å². The third kappa shape index (κ3) is 3.70. The number of alkyl carbamates (subject to hydrolysis) is 1. The second-order valence-electron chi connectivity index (χ2n) is 4.38. The van der Waals surface area contributed by atoms with E-state index in [0.29, 0.717) is 19.6 Å². The molecule has 0 aromatic heterocycles. The monoisotopic (exact) mass is 252 g/mol. The van der Waals surface area contributed by atoms with Gasteiger partial charge in [-0.25, -0.2) is 9.18 Å². The van der Waals surface area contributed by atoms with Crippen molar-refractivity contribution < 1.29 is 13.9 Å².